The first kappa shape index (κ1) is 25.8. The van der Waals surface area contributed by atoms with E-state index < -0.39 is 11.8 Å². The summed E-state index contributed by atoms with van der Waals surface area (Å²) in [5.74, 6) is 1.99. The van der Waals surface area contributed by atoms with Crippen LogP contribution in [0, 0.1) is 18.8 Å². The highest BCUT2D eigenvalue weighted by atomic mass is 31.0. The average Bonchev–Trinajstić information content (AvgIpc) is 2.76. The quantitative estimate of drug-likeness (QED) is 0.272. The summed E-state index contributed by atoms with van der Waals surface area (Å²) >= 11 is 0. The fourth-order valence-corrected chi connectivity index (χ4v) is 2.82. The predicted molar refractivity (Wildman–Crippen MR) is 125 cm³/mol. The maximum absolute atomic E-state index is 12.8. The van der Waals surface area contributed by atoms with E-state index in [0.717, 1.165) is 11.1 Å². The Morgan fingerprint density at radius 1 is 1.18 bits per heavy atom. The minimum absolute atomic E-state index is 0.0245. The number of ether oxygens (including phenoxy) is 1. The van der Waals surface area contributed by atoms with Crippen molar-refractivity contribution < 1.29 is 28.0 Å². The van der Waals surface area contributed by atoms with Gasteiger partial charge in [0.15, 0.2) is 5.71 Å². The molecule has 2 aromatic carbocycles. The van der Waals surface area contributed by atoms with E-state index in [-0.39, 0.29) is 18.1 Å². The van der Waals surface area contributed by atoms with Crippen LogP contribution in [0.25, 0.3) is 0 Å². The lowest BCUT2D eigenvalue weighted by molar-refractivity contribution is -0.114. The lowest BCUT2D eigenvalue weighted by atomic mass is 9.98. The molecule has 0 spiro atoms. The lowest BCUT2D eigenvalue weighted by Crippen LogP contribution is -2.29. The highest BCUT2D eigenvalue weighted by Gasteiger charge is 2.23. The van der Waals surface area contributed by atoms with Crippen LogP contribution < -0.4 is 10.1 Å². The Bertz CT molecular complexity index is 1100. The number of halogens is 2. The monoisotopic (exact) mass is 475 g/mol. The average molecular weight is 475 g/mol. The molecule has 2 rings (SSSR count). The number of oxime groups is 2. The van der Waals surface area contributed by atoms with Gasteiger partial charge in [-0.05, 0) is 58.8 Å². The number of carbonyl (C=O) groups excluding carboxylic acids is 1. The zero-order valence-corrected chi connectivity index (χ0v) is 19.8. The van der Waals surface area contributed by atoms with Gasteiger partial charge in [0.2, 0.25) is 0 Å². The predicted octanol–water partition coefficient (Wildman–Crippen LogP) is 3.84. The van der Waals surface area contributed by atoms with Crippen molar-refractivity contribution in [2.75, 3.05) is 14.2 Å². The molecule has 1 amide bonds. The summed E-state index contributed by atoms with van der Waals surface area (Å²) in [5, 5.41) is 10.4. The fraction of sp³-hybridized carbons (Fsp3) is 0.261. The molecular weight excluding hydrogens is 451 g/mol. The van der Waals surface area contributed by atoms with Gasteiger partial charge in [0.1, 0.15) is 25.2 Å². The van der Waals surface area contributed by atoms with Gasteiger partial charge in [-0.3, -0.25) is 4.79 Å². The highest BCUT2D eigenvalue weighted by molar-refractivity contribution is 7.17. The van der Waals surface area contributed by atoms with Gasteiger partial charge in [-0.25, -0.2) is 0 Å². The van der Waals surface area contributed by atoms with E-state index in [4.69, 9.17) is 9.68 Å². The molecule has 0 aromatic heterocycles. The summed E-state index contributed by atoms with van der Waals surface area (Å²) in [6.07, 6.45) is 0. The number of nitrogens with zero attached hydrogens (tertiary/aromatic N) is 2. The number of hydrogen-bond acceptors (Lipinski definition) is 6. The van der Waals surface area contributed by atoms with Gasteiger partial charge in [-0.2, -0.15) is 8.78 Å². The van der Waals surface area contributed by atoms with Crippen molar-refractivity contribution >= 4 is 26.6 Å². The summed E-state index contributed by atoms with van der Waals surface area (Å²) < 4.78 is 30.1. The molecule has 1 atom stereocenters. The summed E-state index contributed by atoms with van der Waals surface area (Å²) in [4.78, 5) is 22.5. The van der Waals surface area contributed by atoms with Crippen molar-refractivity contribution in [3.63, 3.8) is 0 Å². The number of likely N-dealkylation sites (N-methyl/N-ethyl adjacent to an activating group) is 1. The van der Waals surface area contributed by atoms with Gasteiger partial charge in [0, 0.05) is 23.7 Å². The van der Waals surface area contributed by atoms with Crippen LogP contribution in [-0.4, -0.2) is 37.3 Å². The van der Waals surface area contributed by atoms with Crippen LogP contribution >= 0.6 is 9.24 Å². The molecule has 0 saturated heterocycles. The second-order valence-electron chi connectivity index (χ2n) is 6.69. The number of carbonyl (C=O) groups is 1. The van der Waals surface area contributed by atoms with E-state index in [0.29, 0.717) is 16.8 Å². The molecule has 0 aliphatic heterocycles. The first-order valence-electron chi connectivity index (χ1n) is 9.71. The standard InChI is InChI=1S/C23H24F2N3O4P/c1-15-6-5-7-19(21(28-30-4)22(29)26-3)20(15)14-31-27-16(2)8-9-17-10-12-18(13-11-17)32-23(24,25)33/h5-7,10-13H,14,33H2,1-4H3,(H,26,29)/b27-16+,28-21+. The third-order valence-corrected chi connectivity index (χ3v) is 4.31. The molecule has 0 aliphatic carbocycles. The summed E-state index contributed by atoms with van der Waals surface area (Å²) in [7, 11) is 4.18. The van der Waals surface area contributed by atoms with Crippen molar-refractivity contribution in [1.29, 1.82) is 0 Å². The number of alkyl halides is 2. The molecule has 174 valence electrons. The molecule has 0 radical (unpaired) electrons. The van der Waals surface area contributed by atoms with E-state index in [1.165, 1.54) is 35.5 Å². The molecule has 1 N–H and O–H groups in total. The number of amides is 1. The largest absolute Gasteiger partial charge is 0.430 e. The minimum Gasteiger partial charge on any atom is -0.430 e. The van der Waals surface area contributed by atoms with Crippen molar-refractivity contribution in [3.8, 4) is 17.6 Å². The third kappa shape index (κ3) is 8.17. The number of rotatable bonds is 8. The molecule has 33 heavy (non-hydrogen) atoms. The molecule has 10 heteroatoms. The van der Waals surface area contributed by atoms with Gasteiger partial charge >= 0.3 is 5.85 Å². The van der Waals surface area contributed by atoms with E-state index in [9.17, 15) is 13.6 Å². The van der Waals surface area contributed by atoms with Gasteiger partial charge < -0.3 is 19.7 Å². The minimum atomic E-state index is -3.33. The van der Waals surface area contributed by atoms with Crippen molar-refractivity contribution in [2.24, 2.45) is 10.3 Å². The Kier molecular flexibility index (Phi) is 9.31. The van der Waals surface area contributed by atoms with Crippen molar-refractivity contribution in [3.05, 3.63) is 64.7 Å². The van der Waals surface area contributed by atoms with Crippen LogP contribution in [0.4, 0.5) is 8.78 Å². The Morgan fingerprint density at radius 2 is 1.88 bits per heavy atom. The number of aryl methyl sites for hydroxylation is 1. The smallest absolute Gasteiger partial charge is 0.408 e. The van der Waals surface area contributed by atoms with Crippen LogP contribution in [0.3, 0.4) is 0 Å². The number of benzene rings is 2. The molecule has 0 aliphatic rings. The van der Waals surface area contributed by atoms with Crippen LogP contribution in [-0.2, 0) is 21.1 Å². The van der Waals surface area contributed by atoms with E-state index in [2.05, 4.69) is 32.2 Å². The van der Waals surface area contributed by atoms with Gasteiger partial charge in [-0.15, -0.1) is 0 Å². The Balaban J connectivity index is 2.12. The third-order valence-electron chi connectivity index (χ3n) is 4.20. The second-order valence-corrected chi connectivity index (χ2v) is 7.36. The first-order valence-corrected chi connectivity index (χ1v) is 10.3. The SMILES string of the molecule is CNC(=O)/C(=N/OC)c1cccc(C)c1CO/N=C(\C)C#Cc1ccc(OC(F)(F)P)cc1. The topological polar surface area (TPSA) is 81.5 Å². The summed E-state index contributed by atoms with van der Waals surface area (Å²) in [6, 6.07) is 11.3. The molecule has 0 fully saturated rings. The van der Waals surface area contributed by atoms with Crippen LogP contribution in [0.1, 0.15) is 29.2 Å². The number of hydrogen-bond donors (Lipinski definition) is 1. The summed E-state index contributed by atoms with van der Waals surface area (Å²) in [6.45, 7) is 3.63. The molecule has 2 aromatic rings. The first-order chi connectivity index (χ1) is 15.6. The maximum atomic E-state index is 12.8. The van der Waals surface area contributed by atoms with E-state index in [1.807, 2.05) is 13.0 Å². The lowest BCUT2D eigenvalue weighted by Gasteiger charge is -2.12. The molecule has 1 unspecified atom stereocenters. The molecule has 0 bridgehead atoms. The van der Waals surface area contributed by atoms with E-state index in [1.54, 1.807) is 31.2 Å². The van der Waals surface area contributed by atoms with Gasteiger partial charge in [0.25, 0.3) is 5.91 Å². The molecular formula is C23H24F2N3O4P. The number of nitrogens with one attached hydrogen (secondary N) is 1. The van der Waals surface area contributed by atoms with Gasteiger partial charge in [0.05, 0.1) is 0 Å². The maximum Gasteiger partial charge on any atom is 0.408 e. The Morgan fingerprint density at radius 3 is 2.48 bits per heavy atom. The molecule has 0 heterocycles. The highest BCUT2D eigenvalue weighted by Crippen LogP contribution is 2.27. The van der Waals surface area contributed by atoms with E-state index >= 15 is 0 Å². The fourth-order valence-electron chi connectivity index (χ4n) is 2.68. The van der Waals surface area contributed by atoms with Crippen molar-refractivity contribution in [1.82, 2.24) is 5.32 Å². The van der Waals surface area contributed by atoms with Crippen molar-refractivity contribution in [2.45, 2.75) is 26.3 Å². The molecule has 7 nitrogen and oxygen atoms in total. The Hall–Kier alpha value is -3.50. The molecule has 0 saturated carbocycles. The van der Waals surface area contributed by atoms with Gasteiger partial charge in [-0.1, -0.05) is 34.4 Å². The van der Waals surface area contributed by atoms with Crippen LogP contribution in [0.5, 0.6) is 5.75 Å². The summed E-state index contributed by atoms with van der Waals surface area (Å²) in [5.41, 5.74) is 3.29. The normalized spacial score (nSPS) is 11.8. The second kappa shape index (κ2) is 11.9. The zero-order chi connectivity index (χ0) is 24.4. The Labute approximate surface area is 193 Å². The van der Waals surface area contributed by atoms with Crippen LogP contribution in [0.15, 0.2) is 52.8 Å². The zero-order valence-electron chi connectivity index (χ0n) is 18.6. The van der Waals surface area contributed by atoms with Crippen LogP contribution in [0.2, 0.25) is 0 Å².